The van der Waals surface area contributed by atoms with Gasteiger partial charge in [0, 0.05) is 181 Å². The molecule has 424 valence electrons. The fraction of sp³-hybridized carbons (Fsp3) is 0.483. The summed E-state index contributed by atoms with van der Waals surface area (Å²) in [5, 5.41) is 0. The molecule has 0 saturated carbocycles. The maximum absolute atomic E-state index is 14.8. The van der Waals surface area contributed by atoms with Crippen LogP contribution in [-0.2, 0) is 85.8 Å². The summed E-state index contributed by atoms with van der Waals surface area (Å²) in [6.45, 7) is 12.4. The van der Waals surface area contributed by atoms with Gasteiger partial charge in [-0.15, -0.1) is 36.4 Å². The molecule has 2 heterocycles. The number of nitrogens with zero attached hydrogens (tertiary/aromatic N) is 6. The van der Waals surface area contributed by atoms with Gasteiger partial charge < -0.3 is 47.0 Å². The fourth-order valence-electron chi connectivity index (χ4n) is 7.78. The molecule has 0 bridgehead atoms. The van der Waals surface area contributed by atoms with Gasteiger partial charge >= 0.3 is 21.7 Å². The standard InChI is InChI=1S/2C24H36F2N3O4.2C5H5.Ti/c2*1-30-13-9-27(10-14-31-2)18-21-6-7-22(19-28(11-15-32-3)12-16-33-4)29(21)24-8-5-20(25)17-23(24)26;2*1-2-4-5-3-1;/h2*5-8H,9-16,18-19H2,1-4H3;2*1-5H;/q4*-1;+4. The Morgan fingerprint density at radius 3 is 0.753 bits per heavy atom. The predicted molar refractivity (Wildman–Crippen MR) is 289 cm³/mol. The number of benzene rings is 2. The average molecular weight is 1120 g/mol. The Morgan fingerprint density at radius 2 is 0.584 bits per heavy atom. The molecular weight excluding hydrogens is 1030 g/mol. The number of rotatable bonds is 34. The Bertz CT molecular complexity index is 2020. The Morgan fingerprint density at radius 1 is 0.364 bits per heavy atom. The summed E-state index contributed by atoms with van der Waals surface area (Å²) >= 11 is 0. The van der Waals surface area contributed by atoms with Crippen LogP contribution in [0.4, 0.5) is 17.6 Å². The van der Waals surface area contributed by atoms with Crippen LogP contribution >= 0.6 is 0 Å². The van der Waals surface area contributed by atoms with Crippen LogP contribution in [0.2, 0.25) is 0 Å². The van der Waals surface area contributed by atoms with E-state index in [1.54, 1.807) is 56.9 Å². The van der Waals surface area contributed by atoms with E-state index < -0.39 is 23.3 Å². The van der Waals surface area contributed by atoms with Gasteiger partial charge in [0.1, 0.15) is 0 Å². The molecule has 19 heteroatoms. The second kappa shape index (κ2) is 42.6. The second-order valence-corrected chi connectivity index (χ2v) is 17.3. The van der Waals surface area contributed by atoms with Crippen molar-refractivity contribution in [1.29, 1.82) is 0 Å². The quantitative estimate of drug-likeness (QED) is 0.0221. The van der Waals surface area contributed by atoms with Gasteiger partial charge in [-0.25, -0.2) is 41.8 Å². The van der Waals surface area contributed by atoms with Crippen molar-refractivity contribution in [3.8, 4) is 11.4 Å². The number of halogens is 4. The molecule has 0 unspecified atom stereocenters. The molecule has 0 saturated heterocycles. The van der Waals surface area contributed by atoms with Crippen molar-refractivity contribution in [2.45, 2.75) is 26.2 Å². The van der Waals surface area contributed by atoms with Crippen molar-refractivity contribution in [1.82, 2.24) is 28.7 Å². The molecule has 6 aromatic rings. The molecule has 4 aromatic carbocycles. The zero-order valence-corrected chi connectivity index (χ0v) is 48.1. The van der Waals surface area contributed by atoms with Crippen LogP contribution in [0.25, 0.3) is 11.4 Å². The monoisotopic (exact) mass is 1110 g/mol. The van der Waals surface area contributed by atoms with Gasteiger partial charge in [-0.1, -0.05) is 0 Å². The summed E-state index contributed by atoms with van der Waals surface area (Å²) in [5.41, 5.74) is 4.07. The van der Waals surface area contributed by atoms with Gasteiger partial charge in [-0.2, -0.15) is 36.4 Å². The smallest absolute Gasteiger partial charge is 0.383 e. The van der Waals surface area contributed by atoms with Crippen LogP contribution in [0.1, 0.15) is 22.8 Å². The number of methoxy groups -OCH3 is 8. The van der Waals surface area contributed by atoms with Crippen LogP contribution in [-0.4, -0.2) is 191 Å². The average Bonchev–Trinajstić information content (AvgIpc) is 4.30. The van der Waals surface area contributed by atoms with Crippen molar-refractivity contribution in [3.63, 3.8) is 0 Å². The molecule has 0 aliphatic carbocycles. The van der Waals surface area contributed by atoms with E-state index in [0.29, 0.717) is 131 Å². The van der Waals surface area contributed by atoms with Gasteiger partial charge in [0.2, 0.25) is 0 Å². The Hall–Kier alpha value is -4.35. The summed E-state index contributed by atoms with van der Waals surface area (Å²) in [4.78, 5) is 8.73. The van der Waals surface area contributed by atoms with Gasteiger partial charge in [0.25, 0.3) is 0 Å². The minimum absolute atomic E-state index is 0. The molecule has 2 aromatic heterocycles. The first-order valence-corrected chi connectivity index (χ1v) is 25.4. The molecule has 77 heavy (non-hydrogen) atoms. The van der Waals surface area contributed by atoms with Crippen LogP contribution in [0.3, 0.4) is 0 Å². The zero-order chi connectivity index (χ0) is 55.2. The molecular formula is C58H82F4N6O8Ti. The van der Waals surface area contributed by atoms with Crippen molar-refractivity contribution < 1.29 is 77.2 Å². The molecule has 6 rings (SSSR count). The minimum atomic E-state index is -0.727. The fourth-order valence-corrected chi connectivity index (χ4v) is 7.78. The van der Waals surface area contributed by atoms with Gasteiger partial charge in [-0.3, -0.25) is 19.6 Å². The third-order valence-corrected chi connectivity index (χ3v) is 11.8. The minimum Gasteiger partial charge on any atom is -0.383 e. The van der Waals surface area contributed by atoms with E-state index in [-0.39, 0.29) is 33.1 Å². The van der Waals surface area contributed by atoms with E-state index in [1.807, 2.05) is 94.1 Å². The summed E-state index contributed by atoms with van der Waals surface area (Å²) in [6.07, 6.45) is 0. The summed E-state index contributed by atoms with van der Waals surface area (Å²) in [6, 6.07) is 37.6. The van der Waals surface area contributed by atoms with Crippen LogP contribution in [0, 0.1) is 35.4 Å². The number of hydrogen-bond donors (Lipinski definition) is 0. The first-order valence-electron chi connectivity index (χ1n) is 25.4. The van der Waals surface area contributed by atoms with Crippen LogP contribution in [0.5, 0.6) is 0 Å². The second-order valence-electron chi connectivity index (χ2n) is 17.3. The molecule has 0 aliphatic rings. The summed E-state index contributed by atoms with van der Waals surface area (Å²) in [7, 11) is 13.3. The molecule has 14 nitrogen and oxygen atoms in total. The third kappa shape index (κ3) is 26.9. The summed E-state index contributed by atoms with van der Waals surface area (Å²) in [5.74, 6) is -2.91. The van der Waals surface area contributed by atoms with E-state index in [4.69, 9.17) is 37.9 Å². The SMILES string of the molecule is COCCN(CCOC)Cc1ccc(CN(CCOC)CCOC)n1-c1ccc(F)[c-]c1F.COCCN(CCOC)Cc1ccc(CN(CCOC)CCOC)n1-c1ccc(F)[c-]c1F.[Ti+4].c1cc[cH-]c1.c1cc[cH-]c1. The largest absolute Gasteiger partial charge is 4.00 e. The number of aromatic nitrogens is 2. The Labute approximate surface area is 470 Å². The number of ether oxygens (including phenoxy) is 8. The van der Waals surface area contributed by atoms with Crippen molar-refractivity contribution in [2.75, 3.05) is 162 Å². The Kier molecular flexibility index (Phi) is 38.0. The van der Waals surface area contributed by atoms with Gasteiger partial charge in [-0.05, 0) is 35.6 Å². The van der Waals surface area contributed by atoms with Crippen LogP contribution in [0.15, 0.2) is 109 Å². The van der Waals surface area contributed by atoms with Crippen molar-refractivity contribution >= 4 is 0 Å². The van der Waals surface area contributed by atoms with E-state index in [1.165, 1.54) is 24.3 Å². The van der Waals surface area contributed by atoms with Gasteiger partial charge in [0.05, 0.1) is 52.9 Å². The zero-order valence-electron chi connectivity index (χ0n) is 46.5. The maximum atomic E-state index is 14.8. The van der Waals surface area contributed by atoms with E-state index in [2.05, 4.69) is 31.7 Å². The molecule has 0 spiro atoms. The van der Waals surface area contributed by atoms with E-state index in [0.717, 1.165) is 22.8 Å². The third-order valence-electron chi connectivity index (χ3n) is 11.8. The maximum Gasteiger partial charge on any atom is 4.00 e. The molecule has 0 atom stereocenters. The molecule has 0 amide bonds. The van der Waals surface area contributed by atoms with Crippen molar-refractivity contribution in [3.05, 3.63) is 167 Å². The number of hydrogen-bond acceptors (Lipinski definition) is 12. The topological polar surface area (TPSA) is 96.7 Å². The molecule has 0 fully saturated rings. The van der Waals surface area contributed by atoms with Crippen molar-refractivity contribution in [2.24, 2.45) is 0 Å². The first-order chi connectivity index (χ1) is 37.1. The molecule has 0 N–H and O–H groups in total. The molecule has 0 aliphatic heterocycles. The predicted octanol–water partition coefficient (Wildman–Crippen LogP) is 8.30. The van der Waals surface area contributed by atoms with Crippen LogP contribution < -0.4 is 0 Å². The van der Waals surface area contributed by atoms with E-state index in [9.17, 15) is 17.6 Å². The first kappa shape index (κ1) is 68.8. The molecule has 0 radical (unpaired) electrons. The Balaban J connectivity index is 0.000000438. The normalized spacial score (nSPS) is 11.1. The van der Waals surface area contributed by atoms with E-state index >= 15 is 0 Å². The summed E-state index contributed by atoms with van der Waals surface area (Å²) < 4.78 is 103. The van der Waals surface area contributed by atoms with Gasteiger partial charge in [0.15, 0.2) is 0 Å².